The van der Waals surface area contributed by atoms with Crippen LogP contribution in [0.25, 0.3) is 0 Å². The van der Waals surface area contributed by atoms with Crippen LogP contribution in [0.2, 0.25) is 0 Å². The van der Waals surface area contributed by atoms with Crippen LogP contribution in [0.1, 0.15) is 19.3 Å². The van der Waals surface area contributed by atoms with Crippen LogP contribution < -0.4 is 4.90 Å². The highest BCUT2D eigenvalue weighted by Gasteiger charge is 2.41. The number of fused-ring (bicyclic) bond motifs is 1. The Labute approximate surface area is 133 Å². The molecule has 5 nitrogen and oxygen atoms in total. The first-order valence-corrected chi connectivity index (χ1v) is 8.47. The second-order valence-corrected chi connectivity index (χ2v) is 6.82. The van der Waals surface area contributed by atoms with E-state index in [1.54, 1.807) is 7.11 Å². The molecule has 5 heteroatoms. The number of nitrogens with zero attached hydrogens (tertiary/aromatic N) is 4. The van der Waals surface area contributed by atoms with Crippen molar-refractivity contribution in [1.29, 1.82) is 0 Å². The van der Waals surface area contributed by atoms with Crippen molar-refractivity contribution in [2.45, 2.75) is 19.3 Å². The molecule has 1 saturated heterocycles. The molecule has 2 fully saturated rings. The van der Waals surface area contributed by atoms with Gasteiger partial charge in [0.1, 0.15) is 0 Å². The summed E-state index contributed by atoms with van der Waals surface area (Å²) in [6.45, 7) is 5.29. The summed E-state index contributed by atoms with van der Waals surface area (Å²) in [5.41, 5.74) is 0. The second-order valence-electron chi connectivity index (χ2n) is 6.82. The third-order valence-corrected chi connectivity index (χ3v) is 5.31. The molecule has 122 valence electrons. The Bertz CT molecular complexity index is 455. The summed E-state index contributed by atoms with van der Waals surface area (Å²) in [6, 6.07) is 1.89. The van der Waals surface area contributed by atoms with Crippen molar-refractivity contribution in [3.63, 3.8) is 0 Å². The van der Waals surface area contributed by atoms with Crippen LogP contribution >= 0.6 is 0 Å². The predicted octanol–water partition coefficient (Wildman–Crippen LogP) is 1.91. The van der Waals surface area contributed by atoms with E-state index in [1.165, 1.54) is 25.8 Å². The van der Waals surface area contributed by atoms with Gasteiger partial charge in [-0.3, -0.25) is 0 Å². The van der Waals surface area contributed by atoms with Crippen LogP contribution in [0, 0.1) is 17.8 Å². The average molecular weight is 304 g/mol. The molecule has 0 aromatic carbocycles. The Morgan fingerprint density at radius 3 is 2.86 bits per heavy atom. The largest absolute Gasteiger partial charge is 0.383 e. The molecule has 0 spiro atoms. The Morgan fingerprint density at radius 1 is 1.27 bits per heavy atom. The van der Waals surface area contributed by atoms with Crippen LogP contribution in [-0.4, -0.2) is 61.8 Å². The minimum atomic E-state index is 0.794. The molecule has 0 N–H and O–H groups in total. The van der Waals surface area contributed by atoms with Crippen molar-refractivity contribution >= 4 is 5.95 Å². The zero-order valence-electron chi connectivity index (χ0n) is 13.8. The van der Waals surface area contributed by atoms with Crippen molar-refractivity contribution in [2.24, 2.45) is 17.8 Å². The first kappa shape index (κ1) is 15.7. The van der Waals surface area contributed by atoms with Gasteiger partial charge >= 0.3 is 0 Å². The van der Waals surface area contributed by atoms with Gasteiger partial charge in [0.15, 0.2) is 0 Å². The lowest BCUT2D eigenvalue weighted by Crippen LogP contribution is -2.37. The van der Waals surface area contributed by atoms with E-state index in [0.717, 1.165) is 49.9 Å². The average Bonchev–Trinajstić information content (AvgIpc) is 2.99. The lowest BCUT2D eigenvalue weighted by molar-refractivity contribution is 0.118. The molecule has 0 unspecified atom stereocenters. The van der Waals surface area contributed by atoms with E-state index in [2.05, 4.69) is 26.8 Å². The smallest absolute Gasteiger partial charge is 0.225 e. The highest BCUT2D eigenvalue weighted by Crippen LogP contribution is 2.41. The molecule has 3 rings (SSSR count). The molecule has 1 aliphatic heterocycles. The van der Waals surface area contributed by atoms with E-state index >= 15 is 0 Å². The summed E-state index contributed by atoms with van der Waals surface area (Å²) in [5, 5.41) is 0. The molecular weight excluding hydrogens is 276 g/mol. The van der Waals surface area contributed by atoms with Crippen LogP contribution in [0.3, 0.4) is 0 Å². The van der Waals surface area contributed by atoms with Crippen LogP contribution in [0.15, 0.2) is 18.5 Å². The maximum absolute atomic E-state index is 5.20. The van der Waals surface area contributed by atoms with E-state index < -0.39 is 0 Å². The number of aromatic nitrogens is 2. The van der Waals surface area contributed by atoms with Gasteiger partial charge in [0.05, 0.1) is 6.61 Å². The maximum Gasteiger partial charge on any atom is 0.225 e. The molecule has 0 radical (unpaired) electrons. The summed E-state index contributed by atoms with van der Waals surface area (Å²) >= 11 is 0. The molecule has 1 aromatic heterocycles. The van der Waals surface area contributed by atoms with Gasteiger partial charge in [0.25, 0.3) is 0 Å². The number of hydrogen-bond donors (Lipinski definition) is 0. The molecule has 1 aromatic rings. The van der Waals surface area contributed by atoms with Gasteiger partial charge in [0, 0.05) is 45.7 Å². The van der Waals surface area contributed by atoms with Crippen LogP contribution in [0.5, 0.6) is 0 Å². The highest BCUT2D eigenvalue weighted by molar-refractivity contribution is 5.31. The first-order chi connectivity index (χ1) is 10.8. The summed E-state index contributed by atoms with van der Waals surface area (Å²) < 4.78 is 5.20. The fourth-order valence-corrected chi connectivity index (χ4v) is 4.18. The Balaban J connectivity index is 1.61. The van der Waals surface area contributed by atoms with Gasteiger partial charge in [-0.15, -0.1) is 0 Å². The standard InChI is InChI=1S/C17H28N4O/c1-20(9-10-22-2)11-14-5-3-6-15-12-21(13-16(14)15)17-18-7-4-8-19-17/h4,7-8,14-16H,3,5-6,9-13H2,1-2H3/t14-,15+,16+/m0/s1. The van der Waals surface area contributed by atoms with Gasteiger partial charge in [-0.1, -0.05) is 6.42 Å². The predicted molar refractivity (Wildman–Crippen MR) is 87.9 cm³/mol. The number of rotatable bonds is 6. The van der Waals surface area contributed by atoms with Gasteiger partial charge < -0.3 is 14.5 Å². The first-order valence-electron chi connectivity index (χ1n) is 8.47. The fraction of sp³-hybridized carbons (Fsp3) is 0.765. The molecule has 1 aliphatic carbocycles. The SMILES string of the molecule is COCCN(C)C[C@@H]1CCC[C@@H]2CN(c3ncccn3)C[C@@H]21. The van der Waals surface area contributed by atoms with Crippen molar-refractivity contribution in [3.8, 4) is 0 Å². The highest BCUT2D eigenvalue weighted by atomic mass is 16.5. The third kappa shape index (κ3) is 3.58. The molecule has 0 bridgehead atoms. The monoisotopic (exact) mass is 304 g/mol. The minimum absolute atomic E-state index is 0.794. The molecule has 3 atom stereocenters. The van der Waals surface area contributed by atoms with Crippen molar-refractivity contribution < 1.29 is 4.74 Å². The quantitative estimate of drug-likeness (QED) is 0.803. The van der Waals surface area contributed by atoms with Gasteiger partial charge in [0.2, 0.25) is 5.95 Å². The zero-order valence-corrected chi connectivity index (χ0v) is 13.8. The Hall–Kier alpha value is -1.20. The lowest BCUT2D eigenvalue weighted by atomic mass is 9.74. The molecule has 1 saturated carbocycles. The minimum Gasteiger partial charge on any atom is -0.383 e. The van der Waals surface area contributed by atoms with E-state index in [4.69, 9.17) is 4.74 Å². The third-order valence-electron chi connectivity index (χ3n) is 5.31. The molecule has 2 heterocycles. The Kier molecular flexibility index (Phi) is 5.26. The van der Waals surface area contributed by atoms with Crippen molar-refractivity contribution in [1.82, 2.24) is 14.9 Å². The maximum atomic E-state index is 5.20. The molecule has 0 amide bonds. The number of anilines is 1. The summed E-state index contributed by atoms with van der Waals surface area (Å²) in [6.07, 6.45) is 7.79. The van der Waals surface area contributed by atoms with Crippen molar-refractivity contribution in [2.75, 3.05) is 51.8 Å². The number of methoxy groups -OCH3 is 1. The van der Waals surface area contributed by atoms with E-state index in [-0.39, 0.29) is 0 Å². The molecular formula is C17H28N4O. The zero-order chi connectivity index (χ0) is 15.4. The van der Waals surface area contributed by atoms with E-state index in [0.29, 0.717) is 0 Å². The lowest BCUT2D eigenvalue weighted by Gasteiger charge is -2.35. The van der Waals surface area contributed by atoms with Gasteiger partial charge in [-0.25, -0.2) is 9.97 Å². The summed E-state index contributed by atoms with van der Waals surface area (Å²) in [5.74, 6) is 3.32. The fourth-order valence-electron chi connectivity index (χ4n) is 4.18. The van der Waals surface area contributed by atoms with E-state index in [1.807, 2.05) is 18.5 Å². The van der Waals surface area contributed by atoms with E-state index in [9.17, 15) is 0 Å². The van der Waals surface area contributed by atoms with Crippen LogP contribution in [0.4, 0.5) is 5.95 Å². The normalized spacial score (nSPS) is 28.1. The summed E-state index contributed by atoms with van der Waals surface area (Å²) in [7, 11) is 3.99. The Morgan fingerprint density at radius 2 is 2.09 bits per heavy atom. The van der Waals surface area contributed by atoms with Crippen molar-refractivity contribution in [3.05, 3.63) is 18.5 Å². The van der Waals surface area contributed by atoms with Crippen LogP contribution in [-0.2, 0) is 4.74 Å². The molecule has 22 heavy (non-hydrogen) atoms. The molecule has 2 aliphatic rings. The van der Waals surface area contributed by atoms with Gasteiger partial charge in [-0.05, 0) is 43.7 Å². The van der Waals surface area contributed by atoms with Gasteiger partial charge in [-0.2, -0.15) is 0 Å². The number of hydrogen-bond acceptors (Lipinski definition) is 5. The second kappa shape index (κ2) is 7.38. The number of likely N-dealkylation sites (N-methyl/N-ethyl adjacent to an activating group) is 1. The number of ether oxygens (including phenoxy) is 1. The summed E-state index contributed by atoms with van der Waals surface area (Å²) in [4.78, 5) is 13.7. The topological polar surface area (TPSA) is 41.5 Å².